The summed E-state index contributed by atoms with van der Waals surface area (Å²) >= 11 is 0. The molecule has 1 saturated heterocycles. The Kier molecular flexibility index (Phi) is 3.49. The Bertz CT molecular complexity index is 530. The molecule has 6 heteroatoms. The molecule has 114 valence electrons. The molecule has 0 amide bonds. The minimum Gasteiger partial charge on any atom is -0.474 e. The second-order valence-corrected chi connectivity index (χ2v) is 6.80. The van der Waals surface area contributed by atoms with Gasteiger partial charge in [0.25, 0.3) is 0 Å². The first-order valence-electron chi connectivity index (χ1n) is 7.46. The van der Waals surface area contributed by atoms with Gasteiger partial charge in [-0.3, -0.25) is 0 Å². The van der Waals surface area contributed by atoms with Crippen molar-refractivity contribution in [3.63, 3.8) is 0 Å². The van der Waals surface area contributed by atoms with Crippen molar-refractivity contribution < 1.29 is 18.4 Å². The SMILES string of the molecule is CC1(C)OB(c2cnc(OC3CCC3)cc2F)OC1(C)C. The van der Waals surface area contributed by atoms with E-state index in [9.17, 15) is 4.39 Å². The lowest BCUT2D eigenvalue weighted by Gasteiger charge is -2.32. The highest BCUT2D eigenvalue weighted by Crippen LogP contribution is 2.36. The number of nitrogens with zero attached hydrogens (tertiary/aromatic N) is 1. The predicted octanol–water partition coefficient (Wildman–Crippen LogP) is 2.45. The van der Waals surface area contributed by atoms with Crippen LogP contribution in [0.5, 0.6) is 5.88 Å². The first kappa shape index (κ1) is 14.8. The van der Waals surface area contributed by atoms with Crippen LogP contribution in [0, 0.1) is 5.82 Å². The van der Waals surface area contributed by atoms with Gasteiger partial charge in [-0.05, 0) is 47.0 Å². The first-order valence-corrected chi connectivity index (χ1v) is 7.46. The molecule has 2 heterocycles. The molecule has 1 aromatic rings. The molecule has 2 fully saturated rings. The van der Waals surface area contributed by atoms with Gasteiger partial charge in [-0.1, -0.05) is 0 Å². The summed E-state index contributed by atoms with van der Waals surface area (Å²) in [6.45, 7) is 7.75. The Morgan fingerprint density at radius 3 is 2.33 bits per heavy atom. The monoisotopic (exact) mass is 293 g/mol. The zero-order valence-electron chi connectivity index (χ0n) is 13.0. The molecule has 0 bridgehead atoms. The number of hydrogen-bond donors (Lipinski definition) is 0. The van der Waals surface area contributed by atoms with Crippen molar-refractivity contribution in [1.82, 2.24) is 4.98 Å². The zero-order chi connectivity index (χ0) is 15.3. The molecule has 1 saturated carbocycles. The van der Waals surface area contributed by atoms with Crippen molar-refractivity contribution in [2.75, 3.05) is 0 Å². The molecule has 1 aromatic heterocycles. The number of rotatable bonds is 3. The molecule has 0 radical (unpaired) electrons. The summed E-state index contributed by atoms with van der Waals surface area (Å²) in [7, 11) is -0.736. The van der Waals surface area contributed by atoms with Crippen LogP contribution in [0.15, 0.2) is 12.3 Å². The summed E-state index contributed by atoms with van der Waals surface area (Å²) in [6.07, 6.45) is 4.83. The topological polar surface area (TPSA) is 40.6 Å². The van der Waals surface area contributed by atoms with Gasteiger partial charge in [-0.15, -0.1) is 0 Å². The fraction of sp³-hybridized carbons (Fsp3) is 0.667. The van der Waals surface area contributed by atoms with E-state index in [0.717, 1.165) is 12.8 Å². The van der Waals surface area contributed by atoms with Crippen molar-refractivity contribution in [1.29, 1.82) is 0 Å². The lowest BCUT2D eigenvalue weighted by atomic mass is 9.80. The average molecular weight is 293 g/mol. The lowest BCUT2D eigenvalue weighted by Crippen LogP contribution is -2.41. The van der Waals surface area contributed by atoms with Crippen LogP contribution in [0.1, 0.15) is 47.0 Å². The number of halogens is 1. The van der Waals surface area contributed by atoms with Crippen LogP contribution < -0.4 is 10.2 Å². The van der Waals surface area contributed by atoms with E-state index in [2.05, 4.69) is 4.98 Å². The van der Waals surface area contributed by atoms with Crippen molar-refractivity contribution in [2.45, 2.75) is 64.3 Å². The highest BCUT2D eigenvalue weighted by atomic mass is 19.1. The number of pyridine rings is 1. The van der Waals surface area contributed by atoms with E-state index in [-0.39, 0.29) is 6.10 Å². The molecule has 21 heavy (non-hydrogen) atoms. The largest absolute Gasteiger partial charge is 0.499 e. The molecular formula is C15H21BFNO3. The number of ether oxygens (including phenoxy) is 1. The van der Waals surface area contributed by atoms with Gasteiger partial charge < -0.3 is 14.0 Å². The molecule has 1 aliphatic heterocycles. The maximum atomic E-state index is 14.3. The van der Waals surface area contributed by atoms with Gasteiger partial charge >= 0.3 is 7.12 Å². The highest BCUT2D eigenvalue weighted by Gasteiger charge is 2.52. The number of hydrogen-bond acceptors (Lipinski definition) is 4. The molecule has 4 nitrogen and oxygen atoms in total. The molecule has 0 unspecified atom stereocenters. The van der Waals surface area contributed by atoms with Gasteiger partial charge in [0.2, 0.25) is 5.88 Å². The van der Waals surface area contributed by atoms with Crippen molar-refractivity contribution in [3.05, 3.63) is 18.1 Å². The molecule has 0 aromatic carbocycles. The van der Waals surface area contributed by atoms with E-state index in [1.54, 1.807) is 0 Å². The summed E-state index contributed by atoms with van der Waals surface area (Å²) < 4.78 is 31.6. The Balaban J connectivity index is 1.77. The maximum Gasteiger partial charge on any atom is 0.499 e. The van der Waals surface area contributed by atoms with E-state index >= 15 is 0 Å². The maximum absolute atomic E-state index is 14.3. The summed E-state index contributed by atoms with van der Waals surface area (Å²) in [6, 6.07) is 1.32. The number of aromatic nitrogens is 1. The van der Waals surface area contributed by atoms with E-state index in [0.29, 0.717) is 11.3 Å². The molecule has 0 atom stereocenters. The quantitative estimate of drug-likeness (QED) is 0.803. The van der Waals surface area contributed by atoms with Gasteiger partial charge in [0.05, 0.1) is 11.2 Å². The van der Waals surface area contributed by atoms with Gasteiger partial charge in [0.1, 0.15) is 11.9 Å². The molecule has 0 N–H and O–H groups in total. The Labute approximate surface area is 125 Å². The summed E-state index contributed by atoms with van der Waals surface area (Å²) in [5, 5.41) is 0. The van der Waals surface area contributed by atoms with E-state index in [4.69, 9.17) is 14.0 Å². The fourth-order valence-electron chi connectivity index (χ4n) is 2.29. The molecule has 1 aliphatic carbocycles. The van der Waals surface area contributed by atoms with Crippen LogP contribution in [0.2, 0.25) is 0 Å². The van der Waals surface area contributed by atoms with Crippen LogP contribution in [-0.4, -0.2) is 29.4 Å². The lowest BCUT2D eigenvalue weighted by molar-refractivity contribution is 0.00578. The minimum absolute atomic E-state index is 0.180. The van der Waals surface area contributed by atoms with Gasteiger partial charge in [0, 0.05) is 17.7 Å². The minimum atomic E-state index is -0.736. The van der Waals surface area contributed by atoms with Crippen LogP contribution >= 0.6 is 0 Å². The molecular weight excluding hydrogens is 272 g/mol. The van der Waals surface area contributed by atoms with Gasteiger partial charge in [-0.2, -0.15) is 0 Å². The highest BCUT2D eigenvalue weighted by molar-refractivity contribution is 6.62. The first-order chi connectivity index (χ1) is 9.78. The van der Waals surface area contributed by atoms with Gasteiger partial charge in [0.15, 0.2) is 0 Å². The standard InChI is InChI=1S/C15H21BFNO3/c1-14(2)15(3,4)21-16(20-14)11-9-18-13(8-12(11)17)19-10-6-5-7-10/h8-10H,5-7H2,1-4H3. The Hall–Kier alpha value is -1.14. The third kappa shape index (κ3) is 2.67. The smallest absolute Gasteiger partial charge is 0.474 e. The normalized spacial score (nSPS) is 24.0. The molecule has 0 spiro atoms. The average Bonchev–Trinajstić information content (AvgIpc) is 2.53. The Morgan fingerprint density at radius 1 is 1.24 bits per heavy atom. The molecule has 3 rings (SSSR count). The fourth-order valence-corrected chi connectivity index (χ4v) is 2.29. The van der Waals surface area contributed by atoms with E-state index in [1.165, 1.54) is 18.7 Å². The summed E-state index contributed by atoms with van der Waals surface area (Å²) in [5.41, 5.74) is -0.675. The van der Waals surface area contributed by atoms with Crippen molar-refractivity contribution >= 4 is 12.6 Å². The second kappa shape index (κ2) is 4.95. The van der Waals surface area contributed by atoms with Crippen LogP contribution in [0.4, 0.5) is 4.39 Å². The van der Waals surface area contributed by atoms with Crippen molar-refractivity contribution in [2.24, 2.45) is 0 Å². The van der Waals surface area contributed by atoms with Crippen LogP contribution in [-0.2, 0) is 9.31 Å². The van der Waals surface area contributed by atoms with Gasteiger partial charge in [-0.25, -0.2) is 9.37 Å². The summed E-state index contributed by atoms with van der Waals surface area (Å²) in [4.78, 5) is 4.18. The third-order valence-electron chi connectivity index (χ3n) is 4.70. The Morgan fingerprint density at radius 2 is 1.86 bits per heavy atom. The van der Waals surface area contributed by atoms with Crippen molar-refractivity contribution in [3.8, 4) is 5.88 Å². The second-order valence-electron chi connectivity index (χ2n) is 6.80. The third-order valence-corrected chi connectivity index (χ3v) is 4.70. The predicted molar refractivity (Wildman–Crippen MR) is 78.2 cm³/mol. The van der Waals surface area contributed by atoms with E-state index < -0.39 is 24.1 Å². The van der Waals surface area contributed by atoms with Crippen LogP contribution in [0.25, 0.3) is 0 Å². The van der Waals surface area contributed by atoms with E-state index in [1.807, 2.05) is 27.7 Å². The van der Waals surface area contributed by atoms with Crippen LogP contribution in [0.3, 0.4) is 0 Å². The summed E-state index contributed by atoms with van der Waals surface area (Å²) in [5.74, 6) is -0.0738. The molecule has 2 aliphatic rings. The zero-order valence-corrected chi connectivity index (χ0v) is 13.0.